The first-order chi connectivity index (χ1) is 12.2. The number of aryl methyl sites for hydroxylation is 1. The van der Waals surface area contributed by atoms with E-state index >= 15 is 0 Å². The van der Waals surface area contributed by atoms with Crippen molar-refractivity contribution in [3.05, 3.63) is 50.5 Å². The molecular weight excluding hydrogens is 320 g/mol. The fourth-order valence-corrected chi connectivity index (χ4v) is 3.03. The van der Waals surface area contributed by atoms with Crippen LogP contribution in [0.15, 0.2) is 23.0 Å². The van der Waals surface area contributed by atoms with Gasteiger partial charge in [0, 0.05) is 5.56 Å². The molecule has 0 saturated carbocycles. The minimum atomic E-state index is -0.243. The van der Waals surface area contributed by atoms with Crippen molar-refractivity contribution in [3.8, 4) is 11.5 Å². The van der Waals surface area contributed by atoms with Gasteiger partial charge in [0.15, 0.2) is 0 Å². The number of H-pyrrole nitrogens is 1. The van der Waals surface area contributed by atoms with Crippen molar-refractivity contribution in [2.24, 2.45) is 0 Å². The van der Waals surface area contributed by atoms with E-state index in [1.54, 1.807) is 30.9 Å². The van der Waals surface area contributed by atoms with Crippen molar-refractivity contribution in [1.82, 2.24) is 19.6 Å². The number of aromatic amines is 1. The molecule has 0 fully saturated rings. The quantitative estimate of drug-likeness (QED) is 0.747. The summed E-state index contributed by atoms with van der Waals surface area (Å²) in [6.45, 7) is 0. The van der Waals surface area contributed by atoms with E-state index in [-0.39, 0.29) is 5.56 Å². The summed E-state index contributed by atoms with van der Waals surface area (Å²) in [4.78, 5) is 19.7. The van der Waals surface area contributed by atoms with Gasteiger partial charge in [-0.3, -0.25) is 9.78 Å². The van der Waals surface area contributed by atoms with Gasteiger partial charge >= 0.3 is 0 Å². The summed E-state index contributed by atoms with van der Waals surface area (Å²) < 4.78 is 12.2. The van der Waals surface area contributed by atoms with Gasteiger partial charge in [0.05, 0.1) is 25.3 Å². The molecule has 0 aliphatic heterocycles. The lowest BCUT2D eigenvalue weighted by Crippen LogP contribution is -2.30. The smallest absolute Gasteiger partial charge is 0.276 e. The molecule has 128 valence electrons. The molecule has 0 bridgehead atoms. The average Bonchev–Trinajstić information content (AvgIpc) is 2.94. The lowest BCUT2D eigenvalue weighted by Gasteiger charge is -2.07. The van der Waals surface area contributed by atoms with Crippen LogP contribution in [0.5, 0.6) is 11.5 Å². The molecule has 7 heteroatoms. The Morgan fingerprint density at radius 2 is 2.16 bits per heavy atom. The Kier molecular flexibility index (Phi) is 3.76. The lowest BCUT2D eigenvalue weighted by atomic mass is 10.1. The Balaban J connectivity index is 2.00. The highest BCUT2D eigenvalue weighted by Crippen LogP contribution is 2.24. The Morgan fingerprint density at radius 3 is 2.96 bits per heavy atom. The Morgan fingerprint density at radius 1 is 1.28 bits per heavy atom. The lowest BCUT2D eigenvalue weighted by molar-refractivity contribution is 0.402. The highest BCUT2D eigenvalue weighted by molar-refractivity contribution is 5.59. The number of imidazole rings is 1. The molecule has 2 aromatic heterocycles. The topological polar surface area (TPSA) is 81.5 Å². The maximum atomic E-state index is 12.4. The molecule has 0 spiro atoms. The van der Waals surface area contributed by atoms with E-state index in [0.717, 1.165) is 35.9 Å². The van der Waals surface area contributed by atoms with Gasteiger partial charge in [-0.2, -0.15) is 9.61 Å². The highest BCUT2D eigenvalue weighted by Gasteiger charge is 2.11. The van der Waals surface area contributed by atoms with E-state index in [0.29, 0.717) is 22.6 Å². The summed E-state index contributed by atoms with van der Waals surface area (Å²) in [5, 5.41) is 5.88. The molecule has 25 heavy (non-hydrogen) atoms. The molecule has 4 rings (SSSR count). The van der Waals surface area contributed by atoms with Crippen LogP contribution in [-0.4, -0.2) is 33.8 Å². The summed E-state index contributed by atoms with van der Waals surface area (Å²) in [5.41, 5.74) is 1.40. The first-order valence-corrected chi connectivity index (χ1v) is 8.11. The zero-order chi connectivity index (χ0) is 17.4. The SMILES string of the molecule is COc1ccc(OC)c(/C=c2/c(=O)[nH]c3nc4c(nn23)CCCC=4)c1. The number of nitrogens with one attached hydrogen (secondary N) is 1. The second kappa shape index (κ2) is 6.08. The third-order valence-electron chi connectivity index (χ3n) is 4.31. The minimum Gasteiger partial charge on any atom is -0.497 e. The van der Waals surface area contributed by atoms with Crippen LogP contribution in [0.25, 0.3) is 17.9 Å². The molecule has 3 aromatic rings. The Labute approximate surface area is 143 Å². The van der Waals surface area contributed by atoms with Gasteiger partial charge in [0.25, 0.3) is 5.56 Å². The summed E-state index contributed by atoms with van der Waals surface area (Å²) in [6.07, 6.45) is 6.70. The standard InChI is InChI=1S/C18H18N4O3/c1-24-12-7-8-16(25-2)11(9-12)10-15-17(23)20-18-19-13-5-3-4-6-14(13)21-22(15)18/h5,7-10H,3-4,6H2,1-2H3,(H,19,20,23)/b15-10-. The van der Waals surface area contributed by atoms with Crippen LogP contribution in [0, 0.1) is 0 Å². The molecule has 1 aromatic carbocycles. The van der Waals surface area contributed by atoms with Crippen LogP contribution in [0.1, 0.15) is 24.1 Å². The molecule has 1 aliphatic carbocycles. The Hall–Kier alpha value is -3.09. The van der Waals surface area contributed by atoms with Crippen LogP contribution < -0.4 is 25.7 Å². The number of methoxy groups -OCH3 is 2. The number of benzene rings is 1. The molecule has 1 aliphatic rings. The number of aromatic nitrogens is 4. The molecule has 1 N–H and O–H groups in total. The van der Waals surface area contributed by atoms with Gasteiger partial charge in [-0.1, -0.05) is 6.08 Å². The second-order valence-corrected chi connectivity index (χ2v) is 5.87. The fourth-order valence-electron chi connectivity index (χ4n) is 3.03. The van der Waals surface area contributed by atoms with Gasteiger partial charge in [-0.15, -0.1) is 0 Å². The van der Waals surface area contributed by atoms with Crippen LogP contribution in [-0.2, 0) is 6.42 Å². The van der Waals surface area contributed by atoms with Crippen molar-refractivity contribution in [3.63, 3.8) is 0 Å². The maximum absolute atomic E-state index is 12.4. The van der Waals surface area contributed by atoms with Crippen molar-refractivity contribution >= 4 is 17.9 Å². The molecule has 0 amide bonds. The van der Waals surface area contributed by atoms with Crippen molar-refractivity contribution < 1.29 is 9.47 Å². The van der Waals surface area contributed by atoms with E-state index in [4.69, 9.17) is 9.47 Å². The Bertz CT molecular complexity index is 1130. The number of hydrogen-bond donors (Lipinski definition) is 1. The van der Waals surface area contributed by atoms with Gasteiger partial charge < -0.3 is 9.47 Å². The average molecular weight is 338 g/mol. The van der Waals surface area contributed by atoms with Crippen molar-refractivity contribution in [2.75, 3.05) is 14.2 Å². The van der Waals surface area contributed by atoms with Crippen molar-refractivity contribution in [2.45, 2.75) is 19.3 Å². The van der Waals surface area contributed by atoms with E-state index in [9.17, 15) is 4.79 Å². The molecule has 0 unspecified atom stereocenters. The van der Waals surface area contributed by atoms with Gasteiger partial charge in [-0.25, -0.2) is 4.98 Å². The molecule has 7 nitrogen and oxygen atoms in total. The number of hydrogen-bond acceptors (Lipinski definition) is 5. The van der Waals surface area contributed by atoms with Gasteiger partial charge in [0.1, 0.15) is 16.8 Å². The van der Waals surface area contributed by atoms with E-state index in [1.165, 1.54) is 0 Å². The van der Waals surface area contributed by atoms with E-state index < -0.39 is 0 Å². The predicted octanol–water partition coefficient (Wildman–Crippen LogP) is 0.380. The molecule has 0 radical (unpaired) electrons. The second-order valence-electron chi connectivity index (χ2n) is 5.87. The summed E-state index contributed by atoms with van der Waals surface area (Å²) in [5.74, 6) is 1.77. The largest absolute Gasteiger partial charge is 0.497 e. The summed E-state index contributed by atoms with van der Waals surface area (Å²) >= 11 is 0. The minimum absolute atomic E-state index is 0.243. The van der Waals surface area contributed by atoms with Crippen LogP contribution in [0.4, 0.5) is 0 Å². The fraction of sp³-hybridized carbons (Fsp3) is 0.278. The van der Waals surface area contributed by atoms with Crippen molar-refractivity contribution in [1.29, 1.82) is 0 Å². The molecule has 0 atom stereocenters. The summed E-state index contributed by atoms with van der Waals surface area (Å²) in [6, 6.07) is 5.43. The molecule has 2 heterocycles. The molecular formula is C18H18N4O3. The number of nitrogens with zero attached hydrogens (tertiary/aromatic N) is 3. The molecule has 0 saturated heterocycles. The normalized spacial score (nSPS) is 14.2. The monoisotopic (exact) mass is 338 g/mol. The maximum Gasteiger partial charge on any atom is 0.276 e. The van der Waals surface area contributed by atoms with Gasteiger partial charge in [-0.05, 0) is 43.5 Å². The third kappa shape index (κ3) is 2.67. The summed E-state index contributed by atoms with van der Waals surface area (Å²) in [7, 11) is 3.19. The number of fused-ring (bicyclic) bond motifs is 2. The highest BCUT2D eigenvalue weighted by atomic mass is 16.5. The van der Waals surface area contributed by atoms with Gasteiger partial charge in [0.2, 0.25) is 5.78 Å². The zero-order valence-electron chi connectivity index (χ0n) is 14.1. The first kappa shape index (κ1) is 15.4. The van der Waals surface area contributed by atoms with Crippen LogP contribution in [0.2, 0.25) is 0 Å². The first-order valence-electron chi connectivity index (χ1n) is 8.11. The number of rotatable bonds is 3. The van der Waals surface area contributed by atoms with Crippen LogP contribution in [0.3, 0.4) is 0 Å². The van der Waals surface area contributed by atoms with Crippen LogP contribution >= 0.6 is 0 Å². The zero-order valence-corrected chi connectivity index (χ0v) is 14.1. The van der Waals surface area contributed by atoms with E-state index in [2.05, 4.69) is 21.1 Å². The predicted molar refractivity (Wildman–Crippen MR) is 93.4 cm³/mol. The van der Waals surface area contributed by atoms with E-state index in [1.807, 2.05) is 12.1 Å². The third-order valence-corrected chi connectivity index (χ3v) is 4.31. The number of ether oxygens (including phenoxy) is 2.